The highest BCUT2D eigenvalue weighted by atomic mass is 19.4. The third-order valence-electron chi connectivity index (χ3n) is 1.95. The maximum atomic E-state index is 12.6. The van der Waals surface area contributed by atoms with E-state index < -0.39 is 17.7 Å². The van der Waals surface area contributed by atoms with Crippen LogP contribution in [0.1, 0.15) is 5.56 Å². The number of carboxylic acid groups (broad SMARTS) is 1. The number of carbonyl (C=O) groups is 1. The monoisotopic (exact) mass is 246 g/mol. The second-order valence-electron chi connectivity index (χ2n) is 3.13. The van der Waals surface area contributed by atoms with Crippen LogP contribution >= 0.6 is 0 Å². The summed E-state index contributed by atoms with van der Waals surface area (Å²) >= 11 is 0. The normalized spacial score (nSPS) is 12.4. The first kappa shape index (κ1) is 13.1. The molecule has 0 heterocycles. The molecule has 6 heteroatoms. The highest BCUT2D eigenvalue weighted by molar-refractivity contribution is 5.91. The first-order valence-electron chi connectivity index (χ1n) is 4.51. The van der Waals surface area contributed by atoms with E-state index in [0.717, 1.165) is 6.07 Å². The Morgan fingerprint density at radius 3 is 2.53 bits per heavy atom. The largest absolute Gasteiger partial charge is 0.497 e. The highest BCUT2D eigenvalue weighted by Gasteiger charge is 2.35. The van der Waals surface area contributed by atoms with Gasteiger partial charge in [0.1, 0.15) is 5.75 Å². The maximum Gasteiger partial charge on any atom is 0.417 e. The number of methoxy groups -OCH3 is 1. The van der Waals surface area contributed by atoms with Crippen molar-refractivity contribution in [2.45, 2.75) is 6.18 Å². The van der Waals surface area contributed by atoms with E-state index in [2.05, 4.69) is 0 Å². The molecular formula is C11H9F3O3. The molecule has 1 N–H and O–H groups in total. The number of allylic oxidation sites excluding steroid dienone is 1. The Hall–Kier alpha value is -1.98. The summed E-state index contributed by atoms with van der Waals surface area (Å²) in [4.78, 5) is 10.4. The lowest BCUT2D eigenvalue weighted by Crippen LogP contribution is -2.12. The van der Waals surface area contributed by atoms with E-state index in [1.54, 1.807) is 0 Å². The summed E-state index contributed by atoms with van der Waals surface area (Å²) in [5.74, 6) is -1.43. The van der Waals surface area contributed by atoms with Gasteiger partial charge in [0.25, 0.3) is 0 Å². The lowest BCUT2D eigenvalue weighted by atomic mass is 10.0. The zero-order valence-electron chi connectivity index (χ0n) is 8.78. The molecule has 0 atom stereocenters. The molecule has 0 aliphatic heterocycles. The van der Waals surface area contributed by atoms with Gasteiger partial charge >= 0.3 is 12.1 Å². The standard InChI is InChI=1S/C11H9F3O3/c1-17-8-4-2-3-7(5-8)9(6-10(15)16)11(12,13)14/h2-6H,1H3,(H,15,16). The molecule has 1 aromatic carbocycles. The molecule has 0 radical (unpaired) electrons. The Labute approximate surface area is 95.1 Å². The van der Waals surface area contributed by atoms with Crippen LogP contribution in [0, 0.1) is 0 Å². The lowest BCUT2D eigenvalue weighted by Gasteiger charge is -2.12. The number of benzene rings is 1. The van der Waals surface area contributed by atoms with Gasteiger partial charge in [-0.15, -0.1) is 0 Å². The van der Waals surface area contributed by atoms with Crippen molar-refractivity contribution < 1.29 is 27.8 Å². The van der Waals surface area contributed by atoms with E-state index in [1.807, 2.05) is 0 Å². The van der Waals surface area contributed by atoms with Gasteiger partial charge in [-0.3, -0.25) is 0 Å². The van der Waals surface area contributed by atoms with Crippen LogP contribution in [0.2, 0.25) is 0 Å². The number of hydrogen-bond donors (Lipinski definition) is 1. The summed E-state index contributed by atoms with van der Waals surface area (Å²) in [6.07, 6.45) is -4.60. The summed E-state index contributed by atoms with van der Waals surface area (Å²) in [6.45, 7) is 0. The van der Waals surface area contributed by atoms with E-state index in [0.29, 0.717) is 0 Å². The van der Waals surface area contributed by atoms with Crippen LogP contribution in [0.25, 0.3) is 5.57 Å². The molecule has 0 amide bonds. The van der Waals surface area contributed by atoms with Crippen LogP contribution in [-0.2, 0) is 4.79 Å². The fourth-order valence-corrected chi connectivity index (χ4v) is 1.24. The molecule has 1 rings (SSSR count). The van der Waals surface area contributed by atoms with Gasteiger partial charge in [0.05, 0.1) is 12.7 Å². The second kappa shape index (κ2) is 4.90. The third-order valence-corrected chi connectivity index (χ3v) is 1.95. The van der Waals surface area contributed by atoms with Gasteiger partial charge in [-0.2, -0.15) is 13.2 Å². The summed E-state index contributed by atoms with van der Waals surface area (Å²) in [6, 6.07) is 5.13. The van der Waals surface area contributed by atoms with E-state index in [9.17, 15) is 18.0 Å². The number of hydrogen-bond acceptors (Lipinski definition) is 2. The van der Waals surface area contributed by atoms with Crippen molar-refractivity contribution in [3.05, 3.63) is 35.9 Å². The average Bonchev–Trinajstić information content (AvgIpc) is 2.24. The molecular weight excluding hydrogens is 237 g/mol. The molecule has 0 spiro atoms. The molecule has 0 fully saturated rings. The van der Waals surface area contributed by atoms with E-state index in [4.69, 9.17) is 9.84 Å². The van der Waals surface area contributed by atoms with E-state index in [1.165, 1.54) is 25.3 Å². The quantitative estimate of drug-likeness (QED) is 0.834. The molecule has 0 bridgehead atoms. The molecule has 0 aromatic heterocycles. The number of alkyl halides is 3. The average molecular weight is 246 g/mol. The second-order valence-corrected chi connectivity index (χ2v) is 3.13. The van der Waals surface area contributed by atoms with Gasteiger partial charge in [-0.25, -0.2) is 4.79 Å². The Morgan fingerprint density at radius 1 is 1.41 bits per heavy atom. The number of halogens is 3. The van der Waals surface area contributed by atoms with Crippen LogP contribution in [0.15, 0.2) is 30.3 Å². The fraction of sp³-hybridized carbons (Fsp3) is 0.182. The van der Waals surface area contributed by atoms with Gasteiger partial charge in [0, 0.05) is 6.08 Å². The van der Waals surface area contributed by atoms with Gasteiger partial charge in [0.15, 0.2) is 0 Å². The van der Waals surface area contributed by atoms with Crippen LogP contribution in [0.4, 0.5) is 13.2 Å². The van der Waals surface area contributed by atoms with Crippen LogP contribution in [0.5, 0.6) is 5.75 Å². The molecule has 0 saturated heterocycles. The number of ether oxygens (including phenoxy) is 1. The molecule has 1 aromatic rings. The molecule has 0 saturated carbocycles. The third kappa shape index (κ3) is 3.51. The van der Waals surface area contributed by atoms with Crippen molar-refractivity contribution in [3.8, 4) is 5.75 Å². The fourth-order valence-electron chi connectivity index (χ4n) is 1.24. The van der Waals surface area contributed by atoms with Crippen LogP contribution in [0.3, 0.4) is 0 Å². The molecule has 0 aliphatic rings. The zero-order valence-corrected chi connectivity index (χ0v) is 8.78. The molecule has 0 unspecified atom stereocenters. The minimum absolute atomic E-state index is 0.134. The van der Waals surface area contributed by atoms with Gasteiger partial charge in [-0.05, 0) is 17.7 Å². The highest BCUT2D eigenvalue weighted by Crippen LogP contribution is 2.34. The number of aliphatic carboxylic acids is 1. The van der Waals surface area contributed by atoms with Gasteiger partial charge in [0.2, 0.25) is 0 Å². The summed E-state index contributed by atoms with van der Waals surface area (Å²) in [5.41, 5.74) is -1.47. The summed E-state index contributed by atoms with van der Waals surface area (Å²) in [7, 11) is 1.31. The Bertz CT molecular complexity index is 450. The first-order valence-corrected chi connectivity index (χ1v) is 4.51. The predicted molar refractivity (Wildman–Crippen MR) is 54.7 cm³/mol. The van der Waals surface area contributed by atoms with E-state index >= 15 is 0 Å². The summed E-state index contributed by atoms with van der Waals surface area (Å²) < 4.78 is 42.7. The van der Waals surface area contributed by atoms with Crippen molar-refractivity contribution in [2.24, 2.45) is 0 Å². The minimum Gasteiger partial charge on any atom is -0.497 e. The number of carboxylic acids is 1. The van der Waals surface area contributed by atoms with E-state index in [-0.39, 0.29) is 17.4 Å². The smallest absolute Gasteiger partial charge is 0.417 e. The van der Waals surface area contributed by atoms with Crippen molar-refractivity contribution in [3.63, 3.8) is 0 Å². The van der Waals surface area contributed by atoms with Crippen LogP contribution in [-0.4, -0.2) is 24.4 Å². The van der Waals surface area contributed by atoms with Crippen molar-refractivity contribution in [2.75, 3.05) is 7.11 Å². The van der Waals surface area contributed by atoms with Gasteiger partial charge < -0.3 is 9.84 Å². The molecule has 0 aliphatic carbocycles. The topological polar surface area (TPSA) is 46.5 Å². The lowest BCUT2D eigenvalue weighted by molar-refractivity contribution is -0.131. The Kier molecular flexibility index (Phi) is 3.77. The predicted octanol–water partition coefficient (Wildman–Crippen LogP) is 2.73. The van der Waals surface area contributed by atoms with Crippen LogP contribution < -0.4 is 4.74 Å². The maximum absolute atomic E-state index is 12.6. The number of rotatable bonds is 3. The molecule has 3 nitrogen and oxygen atoms in total. The molecule has 17 heavy (non-hydrogen) atoms. The van der Waals surface area contributed by atoms with Crippen molar-refractivity contribution in [1.82, 2.24) is 0 Å². The van der Waals surface area contributed by atoms with Crippen molar-refractivity contribution in [1.29, 1.82) is 0 Å². The Balaban J connectivity index is 3.27. The zero-order chi connectivity index (χ0) is 13.1. The molecule has 92 valence electrons. The Morgan fingerprint density at radius 2 is 2.06 bits per heavy atom. The minimum atomic E-state index is -4.73. The summed E-state index contributed by atoms with van der Waals surface area (Å²) in [5, 5.41) is 8.43. The van der Waals surface area contributed by atoms with Crippen molar-refractivity contribution >= 4 is 11.5 Å². The SMILES string of the molecule is COc1cccc(C(=CC(=O)O)C(F)(F)F)c1. The first-order chi connectivity index (χ1) is 7.84. The van der Waals surface area contributed by atoms with Gasteiger partial charge in [-0.1, -0.05) is 12.1 Å².